The Labute approximate surface area is 61.8 Å². The van der Waals surface area contributed by atoms with E-state index < -0.39 is 0 Å². The fourth-order valence-corrected chi connectivity index (χ4v) is 0.478. The van der Waals surface area contributed by atoms with Crippen molar-refractivity contribution in [1.29, 1.82) is 0 Å². The number of rotatable bonds is 4. The van der Waals surface area contributed by atoms with Crippen molar-refractivity contribution in [2.45, 2.75) is 32.6 Å². The van der Waals surface area contributed by atoms with Crippen LogP contribution in [0.3, 0.4) is 0 Å². The number of aldehydes is 1. The van der Waals surface area contributed by atoms with Gasteiger partial charge in [-0.1, -0.05) is 19.8 Å². The Bertz CT molecular complexity index is 45.8. The molecule has 50 valence electrons. The molecule has 0 heterocycles. The Kier molecular flexibility index (Phi) is 14.2. The maximum atomic E-state index is 9.68. The summed E-state index contributed by atoms with van der Waals surface area (Å²) in [5.74, 6) is 0. The maximum absolute atomic E-state index is 9.68. The van der Waals surface area contributed by atoms with Gasteiger partial charge in [0.25, 0.3) is 0 Å². The van der Waals surface area contributed by atoms with Crippen LogP contribution in [0.4, 0.5) is 0 Å². The molecule has 8 heavy (non-hydrogen) atoms. The minimum absolute atomic E-state index is 0. The molecule has 0 unspecified atom stereocenters. The van der Waals surface area contributed by atoms with Crippen molar-refractivity contribution in [1.82, 2.24) is 0 Å². The number of unbranched alkanes of at least 4 members (excludes halogenated alkanes) is 3. The van der Waals surface area contributed by atoms with Crippen LogP contribution < -0.4 is 0 Å². The van der Waals surface area contributed by atoms with Gasteiger partial charge in [-0.05, 0) is 6.42 Å². The van der Waals surface area contributed by atoms with Gasteiger partial charge in [0.1, 0.15) is 6.29 Å². The van der Waals surface area contributed by atoms with Crippen LogP contribution in [-0.4, -0.2) is 23.9 Å². The molecule has 0 bridgehead atoms. The van der Waals surface area contributed by atoms with Crippen LogP contribution in [0.5, 0.6) is 0 Å². The van der Waals surface area contributed by atoms with E-state index in [9.17, 15) is 4.79 Å². The van der Waals surface area contributed by atoms with E-state index in [0.29, 0.717) is 0 Å². The molecule has 0 amide bonds. The SMILES string of the molecule is CCCCCC=O.[GeH4]. The zero-order chi connectivity index (χ0) is 5.54. The minimum atomic E-state index is 0. The molecule has 0 aromatic rings. The number of carbonyl (C=O) groups excluding carboxylic acids is 1. The van der Waals surface area contributed by atoms with E-state index >= 15 is 0 Å². The second-order valence-corrected chi connectivity index (χ2v) is 1.66. The molecule has 0 aliphatic carbocycles. The summed E-state index contributed by atoms with van der Waals surface area (Å²) in [6, 6.07) is 0. The predicted octanol–water partition coefficient (Wildman–Crippen LogP) is 0.314. The third-order valence-electron chi connectivity index (χ3n) is 0.926. The average molecular weight is 177 g/mol. The molecule has 0 aromatic heterocycles. The van der Waals surface area contributed by atoms with Gasteiger partial charge in [0.05, 0.1) is 0 Å². The molecule has 0 N–H and O–H groups in total. The van der Waals surface area contributed by atoms with E-state index in [1.54, 1.807) is 0 Å². The molecule has 2 heteroatoms. The van der Waals surface area contributed by atoms with Crippen LogP contribution in [0, 0.1) is 0 Å². The molecule has 0 atom stereocenters. The van der Waals surface area contributed by atoms with E-state index in [-0.39, 0.29) is 17.6 Å². The quantitative estimate of drug-likeness (QED) is 0.343. The van der Waals surface area contributed by atoms with E-state index in [1.165, 1.54) is 12.8 Å². The Balaban J connectivity index is 0. The zero-order valence-corrected chi connectivity index (χ0v) is 4.81. The van der Waals surface area contributed by atoms with Gasteiger partial charge >= 0.3 is 17.6 Å². The van der Waals surface area contributed by atoms with E-state index in [2.05, 4.69) is 6.92 Å². The zero-order valence-electron chi connectivity index (χ0n) is 4.81. The molecule has 0 aliphatic rings. The molecule has 0 aliphatic heterocycles. The van der Waals surface area contributed by atoms with Crippen LogP contribution in [0.15, 0.2) is 0 Å². The Morgan fingerprint density at radius 1 is 1.38 bits per heavy atom. The Hall–Kier alpha value is 0.213. The van der Waals surface area contributed by atoms with Gasteiger partial charge in [0, 0.05) is 6.42 Å². The summed E-state index contributed by atoms with van der Waals surface area (Å²) in [7, 11) is 0. The first-order chi connectivity index (χ1) is 3.41. The molecule has 0 fully saturated rings. The summed E-state index contributed by atoms with van der Waals surface area (Å²) in [5.41, 5.74) is 0. The van der Waals surface area contributed by atoms with Crippen LogP contribution in [-0.2, 0) is 4.79 Å². The van der Waals surface area contributed by atoms with Gasteiger partial charge in [-0.25, -0.2) is 0 Å². The fraction of sp³-hybridized carbons (Fsp3) is 0.833. The summed E-state index contributed by atoms with van der Waals surface area (Å²) < 4.78 is 0. The summed E-state index contributed by atoms with van der Waals surface area (Å²) in [6.07, 6.45) is 5.19. The summed E-state index contributed by atoms with van der Waals surface area (Å²) >= 11 is 0. The molecular formula is C6H16GeO. The fourth-order valence-electron chi connectivity index (χ4n) is 0.478. The number of hydrogen-bond acceptors (Lipinski definition) is 1. The molecule has 1 nitrogen and oxygen atoms in total. The van der Waals surface area contributed by atoms with Gasteiger partial charge in [-0.3, -0.25) is 0 Å². The molecule has 0 saturated carbocycles. The van der Waals surface area contributed by atoms with Crippen molar-refractivity contribution in [3.05, 3.63) is 0 Å². The van der Waals surface area contributed by atoms with Crippen molar-refractivity contribution in [2.75, 3.05) is 0 Å². The van der Waals surface area contributed by atoms with E-state index in [1.807, 2.05) is 0 Å². The van der Waals surface area contributed by atoms with Gasteiger partial charge in [-0.2, -0.15) is 0 Å². The summed E-state index contributed by atoms with van der Waals surface area (Å²) in [6.45, 7) is 2.13. The van der Waals surface area contributed by atoms with Gasteiger partial charge < -0.3 is 4.79 Å². The normalized spacial score (nSPS) is 7.62. The topological polar surface area (TPSA) is 17.1 Å². The van der Waals surface area contributed by atoms with Crippen molar-refractivity contribution in [2.24, 2.45) is 0 Å². The average Bonchev–Trinajstić information content (AvgIpc) is 1.69. The standard InChI is InChI=1S/C6H12O.GeH4/c1-2-3-4-5-6-7;/h6H,2-5H2,1H3;1H4. The predicted molar refractivity (Wildman–Crippen MR) is 41.5 cm³/mol. The molecule has 0 rings (SSSR count). The molecule has 0 spiro atoms. The molecule has 0 aromatic carbocycles. The van der Waals surface area contributed by atoms with Crippen molar-refractivity contribution < 1.29 is 4.79 Å². The van der Waals surface area contributed by atoms with Gasteiger partial charge in [0.15, 0.2) is 0 Å². The van der Waals surface area contributed by atoms with Gasteiger partial charge in [-0.15, -0.1) is 0 Å². The van der Waals surface area contributed by atoms with Crippen molar-refractivity contribution >= 4 is 23.9 Å². The second kappa shape index (κ2) is 10.2. The van der Waals surface area contributed by atoms with Crippen LogP contribution in [0.1, 0.15) is 32.6 Å². The van der Waals surface area contributed by atoms with Crippen molar-refractivity contribution in [3.8, 4) is 0 Å². The van der Waals surface area contributed by atoms with Crippen LogP contribution in [0.2, 0.25) is 0 Å². The molecule has 0 radical (unpaired) electrons. The van der Waals surface area contributed by atoms with Crippen LogP contribution >= 0.6 is 0 Å². The Morgan fingerprint density at radius 2 is 2.00 bits per heavy atom. The monoisotopic (exact) mass is 178 g/mol. The third kappa shape index (κ3) is 9.51. The molecule has 0 saturated heterocycles. The Morgan fingerprint density at radius 3 is 2.38 bits per heavy atom. The van der Waals surface area contributed by atoms with E-state index in [4.69, 9.17) is 0 Å². The summed E-state index contributed by atoms with van der Waals surface area (Å²) in [4.78, 5) is 9.68. The van der Waals surface area contributed by atoms with Crippen LogP contribution in [0.25, 0.3) is 0 Å². The van der Waals surface area contributed by atoms with E-state index in [0.717, 1.165) is 19.1 Å². The van der Waals surface area contributed by atoms with Gasteiger partial charge in [0.2, 0.25) is 0 Å². The number of hydrogen-bond donors (Lipinski definition) is 0. The van der Waals surface area contributed by atoms with Crippen molar-refractivity contribution in [3.63, 3.8) is 0 Å². The first-order valence-electron chi connectivity index (χ1n) is 2.85. The number of carbonyl (C=O) groups is 1. The first-order valence-corrected chi connectivity index (χ1v) is 2.85. The summed E-state index contributed by atoms with van der Waals surface area (Å²) in [5, 5.41) is 0. The molecular weight excluding hydrogens is 161 g/mol. The first kappa shape index (κ1) is 11.1. The second-order valence-electron chi connectivity index (χ2n) is 1.66. The third-order valence-corrected chi connectivity index (χ3v) is 0.926.